The molecule has 0 amide bonds. The first-order chi connectivity index (χ1) is 8.79. The molecule has 3 nitrogen and oxygen atoms in total. The number of rotatable bonds is 5. The molecule has 2 rings (SSSR count). The summed E-state index contributed by atoms with van der Waals surface area (Å²) in [5.41, 5.74) is 2.16. The molecule has 0 aliphatic carbocycles. The lowest BCUT2D eigenvalue weighted by Gasteiger charge is -2.09. The Morgan fingerprint density at radius 1 is 1.28 bits per heavy atom. The molecule has 1 aromatic carbocycles. The van der Waals surface area contributed by atoms with Crippen LogP contribution in [0.25, 0.3) is 0 Å². The Morgan fingerprint density at radius 2 is 2.17 bits per heavy atom. The highest BCUT2D eigenvalue weighted by Gasteiger charge is 2.00. The Kier molecular flexibility index (Phi) is 4.59. The second-order valence-electron chi connectivity index (χ2n) is 3.78. The highest BCUT2D eigenvalue weighted by molar-refractivity contribution is 9.10. The summed E-state index contributed by atoms with van der Waals surface area (Å²) >= 11 is 3.41. The molecule has 4 heteroatoms. The Hall–Kier alpha value is -1.55. The number of hydrogen-bond acceptors (Lipinski definition) is 3. The van der Waals surface area contributed by atoms with Gasteiger partial charge in [-0.05, 0) is 52.7 Å². The van der Waals surface area contributed by atoms with Crippen molar-refractivity contribution in [3.8, 4) is 5.75 Å². The summed E-state index contributed by atoms with van der Waals surface area (Å²) in [6.07, 6.45) is 1.75. The van der Waals surface area contributed by atoms with Gasteiger partial charge in [0.1, 0.15) is 10.4 Å². The van der Waals surface area contributed by atoms with Gasteiger partial charge in [0.15, 0.2) is 0 Å². The van der Waals surface area contributed by atoms with Gasteiger partial charge in [-0.15, -0.1) is 0 Å². The predicted molar refractivity (Wildman–Crippen MR) is 76.9 cm³/mol. The SMILES string of the molecule is CCOc1cccc(CNc2cccnc2Br)c1. The van der Waals surface area contributed by atoms with Crippen LogP contribution in [-0.4, -0.2) is 11.6 Å². The molecule has 0 saturated carbocycles. The minimum absolute atomic E-state index is 0.686. The molecule has 18 heavy (non-hydrogen) atoms. The largest absolute Gasteiger partial charge is 0.494 e. The molecule has 0 atom stereocenters. The van der Waals surface area contributed by atoms with Crippen molar-refractivity contribution in [1.29, 1.82) is 0 Å². The maximum Gasteiger partial charge on any atom is 0.129 e. The number of pyridine rings is 1. The van der Waals surface area contributed by atoms with Crippen LogP contribution >= 0.6 is 15.9 Å². The number of ether oxygens (including phenoxy) is 1. The molecule has 94 valence electrons. The van der Waals surface area contributed by atoms with Gasteiger partial charge in [-0.1, -0.05) is 12.1 Å². The van der Waals surface area contributed by atoms with E-state index in [2.05, 4.69) is 32.3 Å². The fourth-order valence-electron chi connectivity index (χ4n) is 1.63. The molecule has 0 aliphatic heterocycles. The number of nitrogens with one attached hydrogen (secondary N) is 1. The summed E-state index contributed by atoms with van der Waals surface area (Å²) in [4.78, 5) is 4.17. The van der Waals surface area contributed by atoms with Crippen molar-refractivity contribution in [3.63, 3.8) is 0 Å². The van der Waals surface area contributed by atoms with E-state index in [9.17, 15) is 0 Å². The highest BCUT2D eigenvalue weighted by atomic mass is 79.9. The molecule has 1 aromatic heterocycles. The normalized spacial score (nSPS) is 10.1. The second kappa shape index (κ2) is 6.40. The zero-order valence-electron chi connectivity index (χ0n) is 10.2. The van der Waals surface area contributed by atoms with E-state index in [-0.39, 0.29) is 0 Å². The summed E-state index contributed by atoms with van der Waals surface area (Å²) in [6.45, 7) is 3.41. The van der Waals surface area contributed by atoms with Crippen molar-refractivity contribution in [1.82, 2.24) is 4.98 Å². The van der Waals surface area contributed by atoms with E-state index in [1.807, 2.05) is 37.3 Å². The molecule has 1 N–H and O–H groups in total. The smallest absolute Gasteiger partial charge is 0.129 e. The Balaban J connectivity index is 2.02. The van der Waals surface area contributed by atoms with E-state index >= 15 is 0 Å². The zero-order chi connectivity index (χ0) is 12.8. The first-order valence-corrected chi connectivity index (χ1v) is 6.65. The summed E-state index contributed by atoms with van der Waals surface area (Å²) in [5.74, 6) is 0.905. The highest BCUT2D eigenvalue weighted by Crippen LogP contribution is 2.20. The topological polar surface area (TPSA) is 34.1 Å². The van der Waals surface area contributed by atoms with Gasteiger partial charge in [0.2, 0.25) is 0 Å². The van der Waals surface area contributed by atoms with Gasteiger partial charge in [-0.3, -0.25) is 0 Å². The lowest BCUT2D eigenvalue weighted by molar-refractivity contribution is 0.340. The molecule has 1 heterocycles. The lowest BCUT2D eigenvalue weighted by Crippen LogP contribution is -2.01. The van der Waals surface area contributed by atoms with Crippen molar-refractivity contribution in [2.24, 2.45) is 0 Å². The van der Waals surface area contributed by atoms with E-state index in [4.69, 9.17) is 4.74 Å². The quantitative estimate of drug-likeness (QED) is 0.852. The van der Waals surface area contributed by atoms with Crippen LogP contribution in [0.4, 0.5) is 5.69 Å². The van der Waals surface area contributed by atoms with Gasteiger partial charge >= 0.3 is 0 Å². The molecule has 0 unspecified atom stereocenters. The van der Waals surface area contributed by atoms with Gasteiger partial charge in [-0.25, -0.2) is 4.98 Å². The third-order valence-corrected chi connectivity index (χ3v) is 3.08. The predicted octanol–water partition coefficient (Wildman–Crippen LogP) is 3.85. The number of benzene rings is 1. The maximum absolute atomic E-state index is 5.47. The summed E-state index contributed by atoms with van der Waals surface area (Å²) in [5, 5.41) is 3.33. The van der Waals surface area contributed by atoms with Crippen LogP contribution in [0.3, 0.4) is 0 Å². The van der Waals surface area contributed by atoms with Gasteiger partial charge in [-0.2, -0.15) is 0 Å². The fraction of sp³-hybridized carbons (Fsp3) is 0.214. The first kappa shape index (κ1) is 12.9. The standard InChI is InChI=1S/C14H15BrN2O/c1-2-18-12-6-3-5-11(9-12)10-17-13-7-4-8-16-14(13)15/h3-9,17H,2,10H2,1H3. The maximum atomic E-state index is 5.47. The molecule has 0 saturated heterocycles. The monoisotopic (exact) mass is 306 g/mol. The minimum Gasteiger partial charge on any atom is -0.494 e. The number of anilines is 1. The summed E-state index contributed by atoms with van der Waals surface area (Å²) in [6, 6.07) is 12.0. The Bertz CT molecular complexity index is 517. The summed E-state index contributed by atoms with van der Waals surface area (Å²) in [7, 11) is 0. The minimum atomic E-state index is 0.686. The molecule has 0 fully saturated rings. The average Bonchev–Trinajstić information content (AvgIpc) is 2.39. The van der Waals surface area contributed by atoms with Crippen molar-refractivity contribution in [3.05, 3.63) is 52.8 Å². The van der Waals surface area contributed by atoms with Gasteiger partial charge < -0.3 is 10.1 Å². The van der Waals surface area contributed by atoms with Crippen LogP contribution in [0, 0.1) is 0 Å². The van der Waals surface area contributed by atoms with Crippen LogP contribution in [0.1, 0.15) is 12.5 Å². The number of halogens is 1. The number of hydrogen-bond donors (Lipinski definition) is 1. The van der Waals surface area contributed by atoms with Crippen LogP contribution in [0.2, 0.25) is 0 Å². The Labute approximate surface area is 115 Å². The molecule has 0 bridgehead atoms. The van der Waals surface area contributed by atoms with Crippen LogP contribution < -0.4 is 10.1 Å². The second-order valence-corrected chi connectivity index (χ2v) is 4.53. The summed E-state index contributed by atoms with van der Waals surface area (Å²) < 4.78 is 6.30. The first-order valence-electron chi connectivity index (χ1n) is 5.85. The van der Waals surface area contributed by atoms with E-state index in [1.54, 1.807) is 6.20 Å². The van der Waals surface area contributed by atoms with E-state index in [0.29, 0.717) is 6.61 Å². The van der Waals surface area contributed by atoms with Crippen LogP contribution in [0.5, 0.6) is 5.75 Å². The fourth-order valence-corrected chi connectivity index (χ4v) is 2.02. The third-order valence-electron chi connectivity index (χ3n) is 2.45. The number of aromatic nitrogens is 1. The van der Waals surface area contributed by atoms with Crippen LogP contribution in [-0.2, 0) is 6.54 Å². The lowest BCUT2D eigenvalue weighted by atomic mass is 10.2. The van der Waals surface area contributed by atoms with Crippen molar-refractivity contribution < 1.29 is 4.74 Å². The van der Waals surface area contributed by atoms with Gasteiger partial charge in [0.05, 0.1) is 12.3 Å². The molecule has 2 aromatic rings. The molecular weight excluding hydrogens is 292 g/mol. The van der Waals surface area contributed by atoms with E-state index < -0.39 is 0 Å². The van der Waals surface area contributed by atoms with Crippen LogP contribution in [0.15, 0.2) is 47.2 Å². The molecule has 0 aliphatic rings. The van der Waals surface area contributed by atoms with Crippen molar-refractivity contribution in [2.75, 3.05) is 11.9 Å². The van der Waals surface area contributed by atoms with E-state index in [0.717, 1.165) is 22.6 Å². The van der Waals surface area contributed by atoms with Crippen molar-refractivity contribution >= 4 is 21.6 Å². The van der Waals surface area contributed by atoms with Gasteiger partial charge in [0, 0.05) is 12.7 Å². The third kappa shape index (κ3) is 3.47. The zero-order valence-corrected chi connectivity index (χ0v) is 11.8. The van der Waals surface area contributed by atoms with E-state index in [1.165, 1.54) is 5.56 Å². The van der Waals surface area contributed by atoms with Crippen molar-refractivity contribution in [2.45, 2.75) is 13.5 Å². The average molecular weight is 307 g/mol. The van der Waals surface area contributed by atoms with Gasteiger partial charge in [0.25, 0.3) is 0 Å². The molecular formula is C14H15BrN2O. The Morgan fingerprint density at radius 3 is 2.94 bits per heavy atom. The number of nitrogens with zero attached hydrogens (tertiary/aromatic N) is 1. The molecule has 0 spiro atoms. The molecule has 0 radical (unpaired) electrons.